The Morgan fingerprint density at radius 2 is 1.61 bits per heavy atom. The van der Waals surface area contributed by atoms with Gasteiger partial charge in [-0.1, -0.05) is 54.6 Å². The first kappa shape index (κ1) is 32.1. The Labute approximate surface area is 256 Å². The molecule has 9 heteroatoms. The molecule has 3 aromatic carbocycles. The summed E-state index contributed by atoms with van der Waals surface area (Å²) in [4.78, 5) is 25.1. The SMILES string of the molecule is CC(C)n1c(CC[C@@H](O)C[C@@H](O)CC(=O)O)c(-c2ccc(F)cc2)c(-c2ccccc2)c1C(=O)NCc1cccc(C#N)c1. The number of benzene rings is 3. The van der Waals surface area contributed by atoms with E-state index in [1.54, 1.807) is 30.3 Å². The molecule has 0 aliphatic heterocycles. The number of aliphatic hydroxyl groups excluding tert-OH is 2. The lowest BCUT2D eigenvalue weighted by Gasteiger charge is -2.20. The summed E-state index contributed by atoms with van der Waals surface area (Å²) in [7, 11) is 0. The average molecular weight is 598 g/mol. The number of aliphatic hydroxyl groups is 2. The molecular formula is C35H36FN3O5. The monoisotopic (exact) mass is 597 g/mol. The molecule has 0 aliphatic carbocycles. The zero-order chi connectivity index (χ0) is 31.8. The smallest absolute Gasteiger partial charge is 0.305 e. The summed E-state index contributed by atoms with van der Waals surface area (Å²) in [6, 6.07) is 24.4. The number of carboxylic acids is 1. The Morgan fingerprint density at radius 1 is 0.932 bits per heavy atom. The third kappa shape index (κ3) is 7.78. The van der Waals surface area contributed by atoms with Crippen molar-refractivity contribution in [2.24, 2.45) is 0 Å². The molecule has 0 spiro atoms. The number of nitrogens with one attached hydrogen (secondary N) is 1. The van der Waals surface area contributed by atoms with Gasteiger partial charge in [-0.05, 0) is 74.1 Å². The van der Waals surface area contributed by atoms with Crippen molar-refractivity contribution in [1.29, 1.82) is 5.26 Å². The van der Waals surface area contributed by atoms with E-state index in [2.05, 4.69) is 11.4 Å². The molecule has 4 rings (SSSR count). The summed E-state index contributed by atoms with van der Waals surface area (Å²) >= 11 is 0. The van der Waals surface area contributed by atoms with Crippen molar-refractivity contribution in [2.75, 3.05) is 0 Å². The molecule has 0 fully saturated rings. The summed E-state index contributed by atoms with van der Waals surface area (Å²) in [5.74, 6) is -1.90. The van der Waals surface area contributed by atoms with Crippen LogP contribution in [0, 0.1) is 17.1 Å². The maximum atomic E-state index is 14.1. The van der Waals surface area contributed by atoms with E-state index in [0.717, 1.165) is 22.4 Å². The van der Waals surface area contributed by atoms with Crippen LogP contribution in [0.5, 0.6) is 0 Å². The van der Waals surface area contributed by atoms with E-state index in [4.69, 9.17) is 5.11 Å². The van der Waals surface area contributed by atoms with Crippen LogP contribution in [0.2, 0.25) is 0 Å². The fraction of sp³-hybridized carbons (Fsp3) is 0.286. The van der Waals surface area contributed by atoms with E-state index in [-0.39, 0.29) is 31.3 Å². The zero-order valence-corrected chi connectivity index (χ0v) is 24.7. The Morgan fingerprint density at radius 3 is 2.25 bits per heavy atom. The largest absolute Gasteiger partial charge is 0.481 e. The highest BCUT2D eigenvalue weighted by atomic mass is 19.1. The van der Waals surface area contributed by atoms with Crippen LogP contribution in [-0.4, -0.2) is 44.0 Å². The maximum Gasteiger partial charge on any atom is 0.305 e. The van der Waals surface area contributed by atoms with Crippen molar-refractivity contribution >= 4 is 11.9 Å². The topological polar surface area (TPSA) is 136 Å². The summed E-state index contributed by atoms with van der Waals surface area (Å²) in [5.41, 5.74) is 5.25. The van der Waals surface area contributed by atoms with Gasteiger partial charge in [0.05, 0.1) is 30.3 Å². The molecule has 1 amide bonds. The molecule has 0 radical (unpaired) electrons. The Balaban J connectivity index is 1.85. The van der Waals surface area contributed by atoms with E-state index in [0.29, 0.717) is 28.8 Å². The first-order chi connectivity index (χ1) is 21.1. The Hall–Kier alpha value is -4.78. The summed E-state index contributed by atoms with van der Waals surface area (Å²) < 4.78 is 16.0. The van der Waals surface area contributed by atoms with Crippen LogP contribution >= 0.6 is 0 Å². The molecule has 4 N–H and O–H groups in total. The van der Waals surface area contributed by atoms with Gasteiger partial charge in [0.25, 0.3) is 5.91 Å². The third-order valence-corrected chi connectivity index (χ3v) is 7.41. The van der Waals surface area contributed by atoms with E-state index in [1.807, 2.05) is 54.8 Å². The molecule has 1 aromatic heterocycles. The van der Waals surface area contributed by atoms with Crippen molar-refractivity contribution in [3.8, 4) is 28.3 Å². The van der Waals surface area contributed by atoms with Crippen molar-refractivity contribution in [3.05, 3.63) is 107 Å². The number of hydrogen-bond donors (Lipinski definition) is 4. The molecule has 0 unspecified atom stereocenters. The van der Waals surface area contributed by atoms with Crippen LogP contribution in [0.1, 0.15) is 66.5 Å². The highest BCUT2D eigenvalue weighted by Gasteiger charge is 2.30. The predicted molar refractivity (Wildman–Crippen MR) is 165 cm³/mol. The summed E-state index contributed by atoms with van der Waals surface area (Å²) in [6.45, 7) is 4.09. The number of nitriles is 1. The lowest BCUT2D eigenvalue weighted by atomic mass is 9.92. The van der Waals surface area contributed by atoms with E-state index in [9.17, 15) is 29.5 Å². The van der Waals surface area contributed by atoms with E-state index >= 15 is 0 Å². The fourth-order valence-corrected chi connectivity index (χ4v) is 5.53. The van der Waals surface area contributed by atoms with Gasteiger partial charge in [0.1, 0.15) is 11.5 Å². The number of halogens is 1. The molecule has 0 bridgehead atoms. The normalized spacial score (nSPS) is 12.5. The lowest BCUT2D eigenvalue weighted by molar-refractivity contribution is -0.139. The molecule has 228 valence electrons. The van der Waals surface area contributed by atoms with Gasteiger partial charge < -0.3 is 25.2 Å². The van der Waals surface area contributed by atoms with Gasteiger partial charge >= 0.3 is 5.97 Å². The fourth-order valence-electron chi connectivity index (χ4n) is 5.53. The van der Waals surface area contributed by atoms with Gasteiger partial charge in [-0.15, -0.1) is 0 Å². The number of hydrogen-bond acceptors (Lipinski definition) is 5. The number of nitrogens with zero attached hydrogens (tertiary/aromatic N) is 2. The highest BCUT2D eigenvalue weighted by molar-refractivity contribution is 6.05. The molecule has 0 saturated carbocycles. The van der Waals surface area contributed by atoms with Crippen LogP contribution < -0.4 is 5.32 Å². The molecule has 44 heavy (non-hydrogen) atoms. The van der Waals surface area contributed by atoms with Gasteiger partial charge in [-0.3, -0.25) is 9.59 Å². The average Bonchev–Trinajstić information content (AvgIpc) is 3.35. The van der Waals surface area contributed by atoms with Crippen LogP contribution in [0.25, 0.3) is 22.3 Å². The van der Waals surface area contributed by atoms with Crippen LogP contribution in [0.15, 0.2) is 78.9 Å². The molecule has 1 heterocycles. The zero-order valence-electron chi connectivity index (χ0n) is 24.7. The third-order valence-electron chi connectivity index (χ3n) is 7.41. The second-order valence-electron chi connectivity index (χ2n) is 11.1. The first-order valence-corrected chi connectivity index (χ1v) is 14.5. The van der Waals surface area contributed by atoms with Gasteiger partial charge in [0, 0.05) is 29.4 Å². The maximum absolute atomic E-state index is 14.1. The lowest BCUT2D eigenvalue weighted by Crippen LogP contribution is -2.27. The molecule has 8 nitrogen and oxygen atoms in total. The minimum absolute atomic E-state index is 0.110. The van der Waals surface area contributed by atoms with Gasteiger partial charge in [-0.25, -0.2) is 4.39 Å². The minimum atomic E-state index is -1.20. The molecule has 0 saturated heterocycles. The van der Waals surface area contributed by atoms with E-state index in [1.165, 1.54) is 12.1 Å². The Kier molecular flexibility index (Phi) is 10.7. The molecular weight excluding hydrogens is 561 g/mol. The molecule has 4 aromatic rings. The number of rotatable bonds is 13. The number of carbonyl (C=O) groups is 2. The van der Waals surface area contributed by atoms with Crippen LogP contribution in [0.4, 0.5) is 4.39 Å². The predicted octanol–water partition coefficient (Wildman–Crippen LogP) is 5.86. The van der Waals surface area contributed by atoms with Crippen molar-refractivity contribution < 1.29 is 29.3 Å². The van der Waals surface area contributed by atoms with Crippen molar-refractivity contribution in [2.45, 2.75) is 64.3 Å². The number of carbonyl (C=O) groups excluding carboxylic acids is 1. The second-order valence-corrected chi connectivity index (χ2v) is 11.1. The van der Waals surface area contributed by atoms with Gasteiger partial charge in [-0.2, -0.15) is 5.26 Å². The number of aromatic nitrogens is 1. The molecule has 0 aliphatic rings. The van der Waals surface area contributed by atoms with Crippen LogP contribution in [-0.2, 0) is 17.8 Å². The standard InChI is InChI=1S/C35H36FN3O5/c1-22(2)39-30(16-15-28(40)18-29(41)19-31(42)43)32(26-11-13-27(36)14-12-26)33(25-9-4-3-5-10-25)34(39)35(44)38-21-24-8-6-7-23(17-24)20-37/h3-14,17,22,28-29,40-41H,15-16,18-19,21H2,1-2H3,(H,38,44)(H,42,43)/t28-,29-/m1/s1. The highest BCUT2D eigenvalue weighted by Crippen LogP contribution is 2.42. The second kappa shape index (κ2) is 14.6. The summed E-state index contributed by atoms with van der Waals surface area (Å²) in [5, 5.41) is 42.2. The quantitative estimate of drug-likeness (QED) is 0.152. The number of carboxylic acid groups (broad SMARTS) is 1. The number of aliphatic carboxylic acids is 1. The minimum Gasteiger partial charge on any atom is -0.481 e. The van der Waals surface area contributed by atoms with Gasteiger partial charge in [0.2, 0.25) is 0 Å². The number of amides is 1. The van der Waals surface area contributed by atoms with Crippen LogP contribution in [0.3, 0.4) is 0 Å². The summed E-state index contributed by atoms with van der Waals surface area (Å²) in [6.07, 6.45) is -2.29. The van der Waals surface area contributed by atoms with Gasteiger partial charge in [0.15, 0.2) is 0 Å². The van der Waals surface area contributed by atoms with Crippen molar-refractivity contribution in [1.82, 2.24) is 9.88 Å². The van der Waals surface area contributed by atoms with E-state index < -0.39 is 30.4 Å². The van der Waals surface area contributed by atoms with Crippen molar-refractivity contribution in [3.63, 3.8) is 0 Å². The Bertz CT molecular complexity index is 1640. The first-order valence-electron chi connectivity index (χ1n) is 14.5. The molecule has 2 atom stereocenters.